The van der Waals surface area contributed by atoms with Crippen molar-refractivity contribution in [3.8, 4) is 0 Å². The molecule has 0 saturated carbocycles. The van der Waals surface area contributed by atoms with Gasteiger partial charge in [0.25, 0.3) is 5.91 Å². The van der Waals surface area contributed by atoms with E-state index in [4.69, 9.17) is 0 Å². The van der Waals surface area contributed by atoms with Crippen LogP contribution in [-0.2, 0) is 4.79 Å². The Kier molecular flexibility index (Phi) is 3.84. The second-order valence-corrected chi connectivity index (χ2v) is 4.56. The number of rotatable bonds is 3. The first kappa shape index (κ1) is 13.8. The number of hydrogen-bond donors (Lipinski definition) is 3. The molecule has 2 rings (SSSR count). The van der Waals surface area contributed by atoms with Gasteiger partial charge in [-0.1, -0.05) is 6.07 Å². The molecule has 0 bridgehead atoms. The van der Waals surface area contributed by atoms with Gasteiger partial charge in [-0.2, -0.15) is 0 Å². The maximum absolute atomic E-state index is 12.1. The lowest BCUT2D eigenvalue weighted by molar-refractivity contribution is -0.114. The molecule has 6 nitrogen and oxygen atoms in total. The first-order valence-corrected chi connectivity index (χ1v) is 6.17. The van der Waals surface area contributed by atoms with Gasteiger partial charge in [-0.15, -0.1) is 0 Å². The van der Waals surface area contributed by atoms with Crippen molar-refractivity contribution in [2.75, 3.05) is 10.6 Å². The van der Waals surface area contributed by atoms with Gasteiger partial charge in [-0.05, 0) is 31.5 Å². The molecular formula is C14H16N4O2. The molecule has 104 valence electrons. The summed E-state index contributed by atoms with van der Waals surface area (Å²) in [6.45, 7) is 5.10. The second kappa shape index (κ2) is 5.56. The Morgan fingerprint density at radius 2 is 1.90 bits per heavy atom. The minimum atomic E-state index is -0.319. The van der Waals surface area contributed by atoms with Crippen molar-refractivity contribution < 1.29 is 9.59 Å². The molecule has 1 aromatic heterocycles. The Hall–Kier alpha value is -2.63. The van der Waals surface area contributed by atoms with Crippen LogP contribution in [0.25, 0.3) is 0 Å². The molecular weight excluding hydrogens is 256 g/mol. The molecule has 0 radical (unpaired) electrons. The maximum Gasteiger partial charge on any atom is 0.276 e. The minimum absolute atomic E-state index is 0.194. The van der Waals surface area contributed by atoms with E-state index in [1.54, 1.807) is 19.1 Å². The van der Waals surface area contributed by atoms with E-state index >= 15 is 0 Å². The monoisotopic (exact) mass is 272 g/mol. The molecule has 1 heterocycles. The lowest BCUT2D eigenvalue weighted by Gasteiger charge is -2.12. The number of carbonyl (C=O) groups excluding carboxylic acids is 2. The lowest BCUT2D eigenvalue weighted by atomic mass is 10.2. The van der Waals surface area contributed by atoms with Gasteiger partial charge in [-0.25, -0.2) is 4.98 Å². The highest BCUT2D eigenvalue weighted by atomic mass is 16.2. The van der Waals surface area contributed by atoms with Crippen LogP contribution in [-0.4, -0.2) is 21.8 Å². The normalized spacial score (nSPS) is 10.2. The quantitative estimate of drug-likeness (QED) is 0.800. The molecule has 1 aromatic carbocycles. The van der Waals surface area contributed by atoms with Crippen LogP contribution in [0.4, 0.5) is 11.4 Å². The number of aromatic amines is 1. The van der Waals surface area contributed by atoms with Gasteiger partial charge in [0.1, 0.15) is 5.69 Å². The molecule has 0 saturated heterocycles. The molecule has 2 amide bonds. The molecule has 0 aliphatic rings. The van der Waals surface area contributed by atoms with E-state index in [1.807, 2.05) is 13.0 Å². The second-order valence-electron chi connectivity index (χ2n) is 4.56. The van der Waals surface area contributed by atoms with E-state index in [0.717, 1.165) is 5.56 Å². The molecule has 6 heteroatoms. The summed E-state index contributed by atoms with van der Waals surface area (Å²) in [5, 5.41) is 5.45. The first-order chi connectivity index (χ1) is 9.47. The van der Waals surface area contributed by atoms with Crippen molar-refractivity contribution in [3.63, 3.8) is 0 Å². The van der Waals surface area contributed by atoms with Crippen LogP contribution in [0.3, 0.4) is 0 Å². The van der Waals surface area contributed by atoms with Crippen molar-refractivity contribution in [3.05, 3.63) is 41.5 Å². The van der Waals surface area contributed by atoms with Gasteiger partial charge in [0.2, 0.25) is 5.91 Å². The number of anilines is 2. The average molecular weight is 272 g/mol. The SMILES string of the molecule is CC(=O)Nc1ccc(C)cc1NC(=O)c1nc[nH]c1C. The highest BCUT2D eigenvalue weighted by molar-refractivity contribution is 6.06. The Balaban J connectivity index is 2.28. The lowest BCUT2D eigenvalue weighted by Crippen LogP contribution is -2.16. The van der Waals surface area contributed by atoms with Gasteiger partial charge in [0.15, 0.2) is 0 Å². The summed E-state index contributed by atoms with van der Waals surface area (Å²) in [5.74, 6) is -0.513. The van der Waals surface area contributed by atoms with Crippen LogP contribution in [0, 0.1) is 13.8 Å². The largest absolute Gasteiger partial charge is 0.348 e. The highest BCUT2D eigenvalue weighted by Crippen LogP contribution is 2.23. The zero-order valence-electron chi connectivity index (χ0n) is 11.6. The van der Waals surface area contributed by atoms with Crippen molar-refractivity contribution in [2.45, 2.75) is 20.8 Å². The number of nitrogens with one attached hydrogen (secondary N) is 3. The van der Waals surface area contributed by atoms with Gasteiger partial charge >= 0.3 is 0 Å². The number of amides is 2. The fourth-order valence-electron chi connectivity index (χ4n) is 1.83. The molecule has 3 N–H and O–H groups in total. The molecule has 0 aliphatic heterocycles. The van der Waals surface area contributed by atoms with E-state index in [-0.39, 0.29) is 11.8 Å². The summed E-state index contributed by atoms with van der Waals surface area (Å²) >= 11 is 0. The van der Waals surface area contributed by atoms with Crippen LogP contribution >= 0.6 is 0 Å². The van der Waals surface area contributed by atoms with Gasteiger partial charge in [0.05, 0.1) is 17.7 Å². The van der Waals surface area contributed by atoms with Gasteiger partial charge < -0.3 is 15.6 Å². The summed E-state index contributed by atoms with van der Waals surface area (Å²) in [6.07, 6.45) is 1.47. The number of carbonyl (C=O) groups is 2. The number of aromatic nitrogens is 2. The summed E-state index contributed by atoms with van der Waals surface area (Å²) < 4.78 is 0. The molecule has 20 heavy (non-hydrogen) atoms. The molecule has 0 unspecified atom stereocenters. The average Bonchev–Trinajstić information content (AvgIpc) is 2.78. The van der Waals surface area contributed by atoms with Gasteiger partial charge in [0, 0.05) is 12.6 Å². The fourth-order valence-corrected chi connectivity index (χ4v) is 1.83. The summed E-state index contributed by atoms with van der Waals surface area (Å²) in [7, 11) is 0. The summed E-state index contributed by atoms with van der Waals surface area (Å²) in [4.78, 5) is 30.1. The van der Waals surface area contributed by atoms with E-state index in [1.165, 1.54) is 13.3 Å². The third-order valence-corrected chi connectivity index (χ3v) is 2.78. The predicted octanol–water partition coefficient (Wildman–Crippen LogP) is 2.24. The first-order valence-electron chi connectivity index (χ1n) is 6.17. The molecule has 2 aromatic rings. The zero-order valence-corrected chi connectivity index (χ0v) is 11.6. The van der Waals surface area contributed by atoms with E-state index in [9.17, 15) is 9.59 Å². The standard InChI is InChI=1S/C14H16N4O2/c1-8-4-5-11(17-10(3)19)12(6-8)18-14(20)13-9(2)15-7-16-13/h4-7H,1-3H3,(H,15,16)(H,17,19)(H,18,20). The fraction of sp³-hybridized carbons (Fsp3) is 0.214. The van der Waals surface area contributed by atoms with Crippen molar-refractivity contribution >= 4 is 23.2 Å². The summed E-state index contributed by atoms with van der Waals surface area (Å²) in [6, 6.07) is 5.41. The minimum Gasteiger partial charge on any atom is -0.348 e. The smallest absolute Gasteiger partial charge is 0.276 e. The van der Waals surface area contributed by atoms with Crippen LogP contribution in [0.15, 0.2) is 24.5 Å². The zero-order chi connectivity index (χ0) is 14.7. The molecule has 0 fully saturated rings. The Morgan fingerprint density at radius 3 is 2.50 bits per heavy atom. The number of benzene rings is 1. The third kappa shape index (κ3) is 3.03. The number of aryl methyl sites for hydroxylation is 2. The topological polar surface area (TPSA) is 86.9 Å². The Labute approximate surface area is 116 Å². The molecule has 0 spiro atoms. The number of imidazole rings is 1. The Bertz CT molecular complexity index is 661. The Morgan fingerprint density at radius 1 is 1.15 bits per heavy atom. The number of H-pyrrole nitrogens is 1. The van der Waals surface area contributed by atoms with E-state index in [0.29, 0.717) is 22.8 Å². The molecule has 0 aliphatic carbocycles. The van der Waals surface area contributed by atoms with E-state index < -0.39 is 0 Å². The van der Waals surface area contributed by atoms with E-state index in [2.05, 4.69) is 20.6 Å². The van der Waals surface area contributed by atoms with Gasteiger partial charge in [-0.3, -0.25) is 9.59 Å². The predicted molar refractivity (Wildman–Crippen MR) is 76.8 cm³/mol. The van der Waals surface area contributed by atoms with Crippen molar-refractivity contribution in [1.29, 1.82) is 0 Å². The van der Waals surface area contributed by atoms with Crippen LogP contribution in [0.1, 0.15) is 28.7 Å². The maximum atomic E-state index is 12.1. The number of hydrogen-bond acceptors (Lipinski definition) is 3. The van der Waals surface area contributed by atoms with Crippen molar-refractivity contribution in [1.82, 2.24) is 9.97 Å². The number of nitrogens with zero attached hydrogens (tertiary/aromatic N) is 1. The van der Waals surface area contributed by atoms with Crippen LogP contribution < -0.4 is 10.6 Å². The molecule has 0 atom stereocenters. The van der Waals surface area contributed by atoms with Crippen LogP contribution in [0.5, 0.6) is 0 Å². The third-order valence-electron chi connectivity index (χ3n) is 2.78. The van der Waals surface area contributed by atoms with Crippen molar-refractivity contribution in [2.24, 2.45) is 0 Å². The van der Waals surface area contributed by atoms with Crippen LogP contribution in [0.2, 0.25) is 0 Å². The highest BCUT2D eigenvalue weighted by Gasteiger charge is 2.14. The summed E-state index contributed by atoms with van der Waals surface area (Å²) in [5.41, 5.74) is 3.11.